The summed E-state index contributed by atoms with van der Waals surface area (Å²) in [5.74, 6) is 1.51. The van der Waals surface area contributed by atoms with Gasteiger partial charge in [-0.15, -0.1) is 0 Å². The van der Waals surface area contributed by atoms with Crippen LogP contribution >= 0.6 is 15.9 Å². The average molecular weight is 332 g/mol. The second-order valence-corrected chi connectivity index (χ2v) is 6.24. The highest BCUT2D eigenvalue weighted by molar-refractivity contribution is 9.10. The Morgan fingerprint density at radius 1 is 1.15 bits per heavy atom. The quantitative estimate of drug-likeness (QED) is 0.879. The minimum Gasteiger partial charge on any atom is -0.489 e. The van der Waals surface area contributed by atoms with Crippen LogP contribution in [-0.4, -0.2) is 0 Å². The van der Waals surface area contributed by atoms with E-state index in [1.807, 2.05) is 30.3 Å². The molecular weight excluding hydrogens is 314 g/mol. The van der Waals surface area contributed by atoms with E-state index in [9.17, 15) is 0 Å². The van der Waals surface area contributed by atoms with Gasteiger partial charge in [0.15, 0.2) is 0 Å². The maximum Gasteiger partial charge on any atom is 0.124 e. The van der Waals surface area contributed by atoms with E-state index in [0.29, 0.717) is 12.5 Å². The molecule has 0 bridgehead atoms. The van der Waals surface area contributed by atoms with E-state index in [2.05, 4.69) is 34.1 Å². The van der Waals surface area contributed by atoms with E-state index in [-0.39, 0.29) is 6.04 Å². The average Bonchev–Trinajstić information content (AvgIpc) is 3.31. The normalized spacial score (nSPS) is 15.9. The third-order valence-electron chi connectivity index (χ3n) is 3.70. The summed E-state index contributed by atoms with van der Waals surface area (Å²) in [6.45, 7) is 0.576. The lowest BCUT2D eigenvalue weighted by molar-refractivity contribution is 0.300. The van der Waals surface area contributed by atoms with Crippen molar-refractivity contribution >= 4 is 15.9 Å². The maximum atomic E-state index is 6.34. The van der Waals surface area contributed by atoms with Crippen molar-refractivity contribution in [2.45, 2.75) is 25.5 Å². The zero-order chi connectivity index (χ0) is 13.9. The Kier molecular flexibility index (Phi) is 4.08. The molecule has 104 valence electrons. The summed E-state index contributed by atoms with van der Waals surface area (Å²) in [5.41, 5.74) is 8.62. The minimum absolute atomic E-state index is 0.0817. The highest BCUT2D eigenvalue weighted by atomic mass is 79.9. The molecule has 0 amide bonds. The van der Waals surface area contributed by atoms with E-state index in [0.717, 1.165) is 15.8 Å². The molecule has 1 fully saturated rings. The molecule has 1 aliphatic carbocycles. The van der Waals surface area contributed by atoms with Crippen molar-refractivity contribution in [1.29, 1.82) is 0 Å². The molecule has 2 nitrogen and oxygen atoms in total. The van der Waals surface area contributed by atoms with Crippen LogP contribution in [0.25, 0.3) is 0 Å². The van der Waals surface area contributed by atoms with Crippen molar-refractivity contribution in [3.8, 4) is 5.75 Å². The standard InChI is InChI=1S/C17H18BrNO/c18-14-8-9-16(15(10-14)17(19)13-6-7-13)20-11-12-4-2-1-3-5-12/h1-5,8-10,13,17H,6-7,11,19H2. The zero-order valence-corrected chi connectivity index (χ0v) is 12.8. The smallest absolute Gasteiger partial charge is 0.124 e. The highest BCUT2D eigenvalue weighted by Gasteiger charge is 2.31. The van der Waals surface area contributed by atoms with Gasteiger partial charge in [-0.25, -0.2) is 0 Å². The molecule has 1 saturated carbocycles. The Bertz CT molecular complexity index is 581. The molecule has 0 aromatic heterocycles. The van der Waals surface area contributed by atoms with Crippen LogP contribution in [0.2, 0.25) is 0 Å². The van der Waals surface area contributed by atoms with Gasteiger partial charge in [0, 0.05) is 16.1 Å². The Morgan fingerprint density at radius 2 is 1.90 bits per heavy atom. The lowest BCUT2D eigenvalue weighted by atomic mass is 10.0. The molecule has 1 unspecified atom stereocenters. The second kappa shape index (κ2) is 5.98. The summed E-state index contributed by atoms with van der Waals surface area (Å²) in [6.07, 6.45) is 2.46. The van der Waals surface area contributed by atoms with Crippen molar-refractivity contribution in [2.24, 2.45) is 11.7 Å². The van der Waals surface area contributed by atoms with E-state index in [1.54, 1.807) is 0 Å². The first kappa shape index (κ1) is 13.7. The fourth-order valence-corrected chi connectivity index (χ4v) is 2.73. The summed E-state index contributed by atoms with van der Waals surface area (Å²) >= 11 is 3.52. The number of ether oxygens (including phenoxy) is 1. The van der Waals surface area contributed by atoms with Crippen LogP contribution in [0, 0.1) is 5.92 Å². The number of benzene rings is 2. The van der Waals surface area contributed by atoms with Gasteiger partial charge in [0.2, 0.25) is 0 Å². The molecule has 2 aromatic carbocycles. The molecule has 2 aromatic rings. The molecule has 0 saturated heterocycles. The Labute approximate surface area is 128 Å². The van der Waals surface area contributed by atoms with Gasteiger partial charge in [-0.2, -0.15) is 0 Å². The first-order chi connectivity index (χ1) is 9.74. The van der Waals surface area contributed by atoms with Gasteiger partial charge < -0.3 is 10.5 Å². The van der Waals surface area contributed by atoms with Crippen molar-refractivity contribution < 1.29 is 4.74 Å². The molecule has 20 heavy (non-hydrogen) atoms. The first-order valence-corrected chi connectivity index (χ1v) is 7.75. The van der Waals surface area contributed by atoms with Gasteiger partial charge >= 0.3 is 0 Å². The predicted octanol–water partition coefficient (Wildman–Crippen LogP) is 4.44. The largest absolute Gasteiger partial charge is 0.489 e. The molecular formula is C17H18BrNO. The van der Waals surface area contributed by atoms with Gasteiger partial charge in [-0.05, 0) is 42.5 Å². The highest BCUT2D eigenvalue weighted by Crippen LogP contribution is 2.42. The van der Waals surface area contributed by atoms with Gasteiger partial charge in [-0.3, -0.25) is 0 Å². The molecule has 0 spiro atoms. The van der Waals surface area contributed by atoms with Crippen LogP contribution in [-0.2, 0) is 6.61 Å². The molecule has 1 atom stereocenters. The van der Waals surface area contributed by atoms with Gasteiger partial charge in [-0.1, -0.05) is 46.3 Å². The first-order valence-electron chi connectivity index (χ1n) is 6.96. The van der Waals surface area contributed by atoms with Crippen LogP contribution in [0.4, 0.5) is 0 Å². The van der Waals surface area contributed by atoms with Crippen LogP contribution in [0.1, 0.15) is 30.0 Å². The Balaban J connectivity index is 1.78. The van der Waals surface area contributed by atoms with E-state index in [1.165, 1.54) is 18.4 Å². The molecule has 2 N–H and O–H groups in total. The molecule has 0 aliphatic heterocycles. The summed E-state index contributed by atoms with van der Waals surface area (Å²) in [7, 11) is 0. The Hall–Kier alpha value is -1.32. The Morgan fingerprint density at radius 3 is 2.60 bits per heavy atom. The van der Waals surface area contributed by atoms with Gasteiger partial charge in [0.05, 0.1) is 0 Å². The predicted molar refractivity (Wildman–Crippen MR) is 84.6 cm³/mol. The van der Waals surface area contributed by atoms with E-state index < -0.39 is 0 Å². The monoisotopic (exact) mass is 331 g/mol. The summed E-state index contributed by atoms with van der Waals surface area (Å²) in [5, 5.41) is 0. The van der Waals surface area contributed by atoms with Crippen LogP contribution in [0.3, 0.4) is 0 Å². The van der Waals surface area contributed by atoms with Gasteiger partial charge in [0.1, 0.15) is 12.4 Å². The third-order valence-corrected chi connectivity index (χ3v) is 4.19. The van der Waals surface area contributed by atoms with E-state index >= 15 is 0 Å². The van der Waals surface area contributed by atoms with Crippen molar-refractivity contribution in [1.82, 2.24) is 0 Å². The summed E-state index contributed by atoms with van der Waals surface area (Å²) in [4.78, 5) is 0. The molecule has 0 radical (unpaired) electrons. The number of hydrogen-bond donors (Lipinski definition) is 1. The topological polar surface area (TPSA) is 35.2 Å². The fourth-order valence-electron chi connectivity index (χ4n) is 2.36. The second-order valence-electron chi connectivity index (χ2n) is 5.32. The van der Waals surface area contributed by atoms with Gasteiger partial charge in [0.25, 0.3) is 0 Å². The maximum absolute atomic E-state index is 6.34. The SMILES string of the molecule is NC(c1cc(Br)ccc1OCc1ccccc1)C1CC1. The number of nitrogens with two attached hydrogens (primary N) is 1. The van der Waals surface area contributed by atoms with Crippen molar-refractivity contribution in [2.75, 3.05) is 0 Å². The van der Waals surface area contributed by atoms with Crippen LogP contribution < -0.4 is 10.5 Å². The van der Waals surface area contributed by atoms with Crippen molar-refractivity contribution in [3.63, 3.8) is 0 Å². The summed E-state index contributed by atoms with van der Waals surface area (Å²) in [6, 6.07) is 16.4. The lowest BCUT2D eigenvalue weighted by Gasteiger charge is -2.17. The number of rotatable bonds is 5. The zero-order valence-electron chi connectivity index (χ0n) is 11.3. The molecule has 1 aliphatic rings. The number of hydrogen-bond acceptors (Lipinski definition) is 2. The molecule has 3 rings (SSSR count). The molecule has 3 heteroatoms. The third kappa shape index (κ3) is 3.22. The molecule has 0 heterocycles. The minimum atomic E-state index is 0.0817. The number of halogens is 1. The van der Waals surface area contributed by atoms with E-state index in [4.69, 9.17) is 10.5 Å². The van der Waals surface area contributed by atoms with Crippen molar-refractivity contribution in [3.05, 3.63) is 64.1 Å². The summed E-state index contributed by atoms with van der Waals surface area (Å²) < 4.78 is 7.03. The fraction of sp³-hybridized carbons (Fsp3) is 0.294. The van der Waals surface area contributed by atoms with Crippen LogP contribution in [0.5, 0.6) is 5.75 Å². The van der Waals surface area contributed by atoms with Crippen LogP contribution in [0.15, 0.2) is 53.0 Å². The lowest BCUT2D eigenvalue weighted by Crippen LogP contribution is -2.14.